The second kappa shape index (κ2) is 50.5. The summed E-state index contributed by atoms with van der Waals surface area (Å²) in [7, 11) is 0. The molecule has 0 rings (SSSR count). The maximum Gasteiger partial charge on any atom is 0.332 e. The fourth-order valence-corrected chi connectivity index (χ4v) is 5.52. The molecule has 0 radical (unpaired) electrons. The van der Waals surface area contributed by atoms with Crippen molar-refractivity contribution in [2.75, 3.05) is 165 Å². The minimum atomic E-state index is -0.516. The summed E-state index contributed by atoms with van der Waals surface area (Å²) in [6.07, 6.45) is 17.3. The predicted octanol–water partition coefficient (Wildman–Crippen LogP) is 6.55. The molecule has 0 saturated heterocycles. The molecule has 0 saturated carbocycles. The average Bonchev–Trinajstić information content (AvgIpc) is 3.24. The first-order valence-corrected chi connectivity index (χ1v) is 23.7. The largest absolute Gasteiger partial charge is 0.463 e. The fourth-order valence-electron chi connectivity index (χ4n) is 5.52. The van der Waals surface area contributed by atoms with Gasteiger partial charge in [-0.3, -0.25) is 4.79 Å². The molecule has 0 N–H and O–H groups in total. The van der Waals surface area contributed by atoms with Crippen LogP contribution in [-0.4, -0.2) is 183 Å². The molecule has 0 aliphatic rings. The van der Waals surface area contributed by atoms with Gasteiger partial charge in [0.25, 0.3) is 0 Å². The summed E-state index contributed by atoms with van der Waals surface area (Å²) in [5.74, 6) is -0.526. The maximum absolute atomic E-state index is 11.9. The number of ether oxygens (including phenoxy) is 14. The van der Waals surface area contributed by atoms with Crippen molar-refractivity contribution < 1.29 is 75.9 Å². The minimum Gasteiger partial charge on any atom is -0.463 e. The van der Waals surface area contributed by atoms with Crippen LogP contribution in [0.25, 0.3) is 0 Å². The Hall–Kier alpha value is -1.54. The lowest BCUT2D eigenvalue weighted by Crippen LogP contribution is -2.27. The molecule has 0 spiro atoms. The van der Waals surface area contributed by atoms with E-state index in [1.54, 1.807) is 0 Å². The Labute approximate surface area is 375 Å². The van der Waals surface area contributed by atoms with Crippen molar-refractivity contribution >= 4 is 11.9 Å². The molecule has 16 heteroatoms. The lowest BCUT2D eigenvalue weighted by molar-refractivity contribution is -0.160. The topological polar surface area (TPSA) is 163 Å². The van der Waals surface area contributed by atoms with Crippen molar-refractivity contribution in [3.05, 3.63) is 0 Å². The smallest absolute Gasteiger partial charge is 0.332 e. The van der Waals surface area contributed by atoms with E-state index in [0.29, 0.717) is 158 Å². The van der Waals surface area contributed by atoms with Crippen LogP contribution in [0.5, 0.6) is 0 Å². The SMILES string of the molecule is CCCCCCCCCCCCCCCC(=O)OCCOCCOCCOCCOCCOCCOCCOCCOCCOCCOCCOCCOCC(=O)OC(C)(C)C. The van der Waals surface area contributed by atoms with Crippen molar-refractivity contribution in [1.82, 2.24) is 0 Å². The highest BCUT2D eigenvalue weighted by Gasteiger charge is 2.16. The van der Waals surface area contributed by atoms with E-state index in [-0.39, 0.29) is 25.2 Å². The van der Waals surface area contributed by atoms with Gasteiger partial charge in [0.15, 0.2) is 0 Å². The maximum atomic E-state index is 11.9. The molecule has 0 atom stereocenters. The van der Waals surface area contributed by atoms with Gasteiger partial charge in [-0.25, -0.2) is 4.79 Å². The zero-order valence-corrected chi connectivity index (χ0v) is 39.6. The first-order chi connectivity index (χ1) is 30.3. The van der Waals surface area contributed by atoms with Gasteiger partial charge < -0.3 is 66.3 Å². The van der Waals surface area contributed by atoms with Gasteiger partial charge >= 0.3 is 11.9 Å². The standard InChI is InChI=1S/C46H90O16/c1-5-6-7-8-9-10-11-12-13-14-15-16-17-18-44(47)61-42-41-59-38-37-57-34-33-55-30-29-53-26-25-51-22-21-49-19-20-50-23-24-52-27-28-54-31-32-56-35-36-58-39-40-60-43-45(48)62-46(2,3)4/h5-43H2,1-4H3. The Kier molecular flexibility index (Phi) is 49.2. The molecule has 0 aromatic heterocycles. The summed E-state index contributed by atoms with van der Waals surface area (Å²) in [4.78, 5) is 23.4. The van der Waals surface area contributed by atoms with Crippen LogP contribution in [0.2, 0.25) is 0 Å². The lowest BCUT2D eigenvalue weighted by Gasteiger charge is -2.19. The summed E-state index contributed by atoms with van der Waals surface area (Å²) >= 11 is 0. The molecule has 0 heterocycles. The van der Waals surface area contributed by atoms with Crippen LogP contribution in [0, 0.1) is 0 Å². The number of esters is 2. The molecule has 0 unspecified atom stereocenters. The number of unbranched alkanes of at least 4 members (excludes halogenated alkanes) is 12. The van der Waals surface area contributed by atoms with E-state index in [4.69, 9.17) is 66.3 Å². The third-order valence-electron chi connectivity index (χ3n) is 8.71. The first-order valence-electron chi connectivity index (χ1n) is 23.7. The van der Waals surface area contributed by atoms with E-state index in [9.17, 15) is 9.59 Å². The number of rotatable bonds is 52. The summed E-state index contributed by atoms with van der Waals surface area (Å²) < 4.78 is 75.9. The molecular weight excluding hydrogens is 808 g/mol. The lowest BCUT2D eigenvalue weighted by atomic mass is 10.0. The quantitative estimate of drug-likeness (QED) is 0.0477. The molecular formula is C46H90O16. The van der Waals surface area contributed by atoms with E-state index in [0.717, 1.165) is 12.8 Å². The average molecular weight is 899 g/mol. The zero-order chi connectivity index (χ0) is 45.1. The molecule has 0 aromatic carbocycles. The normalized spacial score (nSPS) is 11.7. The van der Waals surface area contributed by atoms with E-state index in [2.05, 4.69) is 6.92 Å². The van der Waals surface area contributed by atoms with Crippen molar-refractivity contribution in [1.29, 1.82) is 0 Å². The zero-order valence-electron chi connectivity index (χ0n) is 39.6. The Morgan fingerprint density at radius 1 is 0.306 bits per heavy atom. The Balaban J connectivity index is 3.15. The molecule has 62 heavy (non-hydrogen) atoms. The number of hydrogen-bond acceptors (Lipinski definition) is 16. The van der Waals surface area contributed by atoms with Crippen LogP contribution in [0.1, 0.15) is 118 Å². The fraction of sp³-hybridized carbons (Fsp3) is 0.957. The highest BCUT2D eigenvalue weighted by Crippen LogP contribution is 2.13. The molecule has 0 fully saturated rings. The van der Waals surface area contributed by atoms with Crippen molar-refractivity contribution in [3.63, 3.8) is 0 Å². The minimum absolute atomic E-state index is 0.0871. The number of carbonyl (C=O) groups is 2. The molecule has 0 amide bonds. The van der Waals surface area contributed by atoms with Crippen LogP contribution in [0.4, 0.5) is 0 Å². The number of hydrogen-bond donors (Lipinski definition) is 0. The van der Waals surface area contributed by atoms with Gasteiger partial charge in [-0.2, -0.15) is 0 Å². The van der Waals surface area contributed by atoms with Gasteiger partial charge in [0, 0.05) is 6.42 Å². The first kappa shape index (κ1) is 60.5. The summed E-state index contributed by atoms with van der Waals surface area (Å²) in [6.45, 7) is 18.5. The third kappa shape index (κ3) is 54.6. The predicted molar refractivity (Wildman–Crippen MR) is 237 cm³/mol. The highest BCUT2D eigenvalue weighted by molar-refractivity contribution is 5.71. The number of carbonyl (C=O) groups excluding carboxylic acids is 2. The van der Waals surface area contributed by atoms with Crippen molar-refractivity contribution in [2.24, 2.45) is 0 Å². The third-order valence-corrected chi connectivity index (χ3v) is 8.71. The summed E-state index contributed by atoms with van der Waals surface area (Å²) in [5.41, 5.74) is -0.516. The Bertz CT molecular complexity index is 907. The van der Waals surface area contributed by atoms with Crippen LogP contribution < -0.4 is 0 Å². The molecule has 0 aliphatic heterocycles. The summed E-state index contributed by atoms with van der Waals surface area (Å²) in [5, 5.41) is 0. The molecule has 0 aliphatic carbocycles. The van der Waals surface area contributed by atoms with Gasteiger partial charge in [-0.05, 0) is 27.2 Å². The van der Waals surface area contributed by atoms with Crippen molar-refractivity contribution in [2.45, 2.75) is 123 Å². The van der Waals surface area contributed by atoms with E-state index in [1.165, 1.54) is 70.6 Å². The second-order valence-electron chi connectivity index (χ2n) is 15.6. The van der Waals surface area contributed by atoms with E-state index in [1.807, 2.05) is 20.8 Å². The summed E-state index contributed by atoms with van der Waals surface area (Å²) in [6, 6.07) is 0. The van der Waals surface area contributed by atoms with E-state index < -0.39 is 5.60 Å². The molecule has 0 aromatic rings. The van der Waals surface area contributed by atoms with Gasteiger partial charge in [0.1, 0.15) is 18.8 Å². The molecule has 0 bridgehead atoms. The van der Waals surface area contributed by atoms with Gasteiger partial charge in [0.05, 0.1) is 152 Å². The Morgan fingerprint density at radius 2 is 0.548 bits per heavy atom. The Morgan fingerprint density at radius 3 is 0.823 bits per heavy atom. The van der Waals surface area contributed by atoms with Gasteiger partial charge in [0.2, 0.25) is 0 Å². The molecule has 370 valence electrons. The van der Waals surface area contributed by atoms with E-state index >= 15 is 0 Å². The monoisotopic (exact) mass is 899 g/mol. The molecule has 16 nitrogen and oxygen atoms in total. The van der Waals surface area contributed by atoms with Gasteiger partial charge in [-0.1, -0.05) is 84.0 Å². The highest BCUT2D eigenvalue weighted by atomic mass is 16.6. The van der Waals surface area contributed by atoms with Crippen LogP contribution in [-0.2, 0) is 75.9 Å². The van der Waals surface area contributed by atoms with Crippen LogP contribution in [0.15, 0.2) is 0 Å². The second-order valence-corrected chi connectivity index (χ2v) is 15.6. The van der Waals surface area contributed by atoms with Gasteiger partial charge in [-0.15, -0.1) is 0 Å². The van der Waals surface area contributed by atoms with Crippen molar-refractivity contribution in [3.8, 4) is 0 Å². The van der Waals surface area contributed by atoms with Crippen LogP contribution in [0.3, 0.4) is 0 Å². The van der Waals surface area contributed by atoms with Crippen LogP contribution >= 0.6 is 0 Å².